The molecular formula is C15H18N2. The van der Waals surface area contributed by atoms with Crippen molar-refractivity contribution in [1.29, 1.82) is 0 Å². The fraction of sp³-hybridized carbons (Fsp3) is 0.267. The van der Waals surface area contributed by atoms with Gasteiger partial charge in [0.05, 0.1) is 6.04 Å². The van der Waals surface area contributed by atoms with Gasteiger partial charge in [-0.3, -0.25) is 0 Å². The van der Waals surface area contributed by atoms with Crippen LogP contribution in [-0.4, -0.2) is 19.3 Å². The van der Waals surface area contributed by atoms with Gasteiger partial charge in [-0.15, -0.1) is 0 Å². The van der Waals surface area contributed by atoms with E-state index in [0.717, 1.165) is 0 Å². The van der Waals surface area contributed by atoms with E-state index < -0.39 is 0 Å². The Bertz CT molecular complexity index is 458. The van der Waals surface area contributed by atoms with E-state index in [0.29, 0.717) is 5.92 Å². The Morgan fingerprint density at radius 3 is 2.71 bits per heavy atom. The summed E-state index contributed by atoms with van der Waals surface area (Å²) in [5, 5.41) is 3.55. The highest BCUT2D eigenvalue weighted by molar-refractivity contribution is 5.67. The molecule has 2 unspecified atom stereocenters. The molecule has 1 aromatic carbocycles. The van der Waals surface area contributed by atoms with Gasteiger partial charge in [-0.2, -0.15) is 0 Å². The van der Waals surface area contributed by atoms with Crippen molar-refractivity contribution in [3.8, 4) is 0 Å². The summed E-state index contributed by atoms with van der Waals surface area (Å²) in [5.74, 6) is 0.324. The maximum atomic E-state index is 4.12. The average molecular weight is 226 g/mol. The van der Waals surface area contributed by atoms with Crippen molar-refractivity contribution < 1.29 is 0 Å². The summed E-state index contributed by atoms with van der Waals surface area (Å²) in [7, 11) is 1.82. The van der Waals surface area contributed by atoms with Crippen molar-refractivity contribution >= 4 is 11.9 Å². The number of nitrogens with one attached hydrogen (secondary N) is 1. The lowest BCUT2D eigenvalue weighted by molar-refractivity contribution is 0.773. The summed E-state index contributed by atoms with van der Waals surface area (Å²) in [4.78, 5) is 4.12. The van der Waals surface area contributed by atoms with E-state index in [1.165, 1.54) is 11.3 Å². The molecule has 0 radical (unpaired) electrons. The number of hydrogen-bond donors (Lipinski definition) is 1. The predicted molar refractivity (Wildman–Crippen MR) is 74.8 cm³/mol. The minimum atomic E-state index is 0.282. The summed E-state index contributed by atoms with van der Waals surface area (Å²) in [6, 6.07) is 8.63. The Balaban J connectivity index is 2.15. The lowest BCUT2D eigenvalue weighted by Crippen LogP contribution is -2.28. The molecule has 2 rings (SSSR count). The average Bonchev–Trinajstić information content (AvgIpc) is 2.35. The van der Waals surface area contributed by atoms with Crippen LogP contribution in [0.5, 0.6) is 0 Å². The molecule has 1 aliphatic rings. The topological polar surface area (TPSA) is 24.4 Å². The Kier molecular flexibility index (Phi) is 3.76. The van der Waals surface area contributed by atoms with E-state index in [4.69, 9.17) is 0 Å². The van der Waals surface area contributed by atoms with Crippen LogP contribution < -0.4 is 5.32 Å². The smallest absolute Gasteiger partial charge is 0.0560 e. The van der Waals surface area contributed by atoms with Crippen molar-refractivity contribution in [3.05, 3.63) is 54.1 Å². The van der Waals surface area contributed by atoms with Crippen molar-refractivity contribution in [1.82, 2.24) is 0 Å². The molecule has 0 spiro atoms. The lowest BCUT2D eigenvalue weighted by atomic mass is 9.95. The van der Waals surface area contributed by atoms with Crippen LogP contribution in [0.25, 0.3) is 0 Å². The number of para-hydroxylation sites is 1. The van der Waals surface area contributed by atoms with E-state index in [1.807, 2.05) is 13.3 Å². The molecule has 0 bridgehead atoms. The number of rotatable bonds is 3. The Hall–Kier alpha value is -1.83. The number of hydrogen-bond acceptors (Lipinski definition) is 2. The second-order valence-electron chi connectivity index (χ2n) is 4.24. The second-order valence-corrected chi connectivity index (χ2v) is 4.24. The summed E-state index contributed by atoms with van der Waals surface area (Å²) < 4.78 is 0. The summed E-state index contributed by atoms with van der Waals surface area (Å²) >= 11 is 0. The van der Waals surface area contributed by atoms with Crippen LogP contribution in [0.2, 0.25) is 0 Å². The highest BCUT2D eigenvalue weighted by atomic mass is 14.9. The van der Waals surface area contributed by atoms with Crippen LogP contribution in [0, 0.1) is 12.8 Å². The molecule has 2 heteroatoms. The first-order valence-corrected chi connectivity index (χ1v) is 5.90. The molecule has 0 aliphatic heterocycles. The van der Waals surface area contributed by atoms with Crippen molar-refractivity contribution in [2.45, 2.75) is 13.0 Å². The van der Waals surface area contributed by atoms with Gasteiger partial charge in [0.15, 0.2) is 0 Å². The second kappa shape index (κ2) is 5.48. The van der Waals surface area contributed by atoms with E-state index >= 15 is 0 Å². The van der Waals surface area contributed by atoms with Gasteiger partial charge >= 0.3 is 0 Å². The molecule has 1 N–H and O–H groups in total. The molecule has 88 valence electrons. The highest BCUT2D eigenvalue weighted by Gasteiger charge is 2.16. The van der Waals surface area contributed by atoms with Crippen LogP contribution in [0.1, 0.15) is 5.56 Å². The first-order chi connectivity index (χ1) is 8.31. The monoisotopic (exact) mass is 226 g/mol. The fourth-order valence-corrected chi connectivity index (χ4v) is 2.00. The van der Waals surface area contributed by atoms with Crippen LogP contribution >= 0.6 is 0 Å². The van der Waals surface area contributed by atoms with Gasteiger partial charge in [0, 0.05) is 24.9 Å². The number of aryl methyl sites for hydroxylation is 1. The van der Waals surface area contributed by atoms with Gasteiger partial charge in [0.2, 0.25) is 0 Å². The van der Waals surface area contributed by atoms with Crippen LogP contribution in [0.3, 0.4) is 0 Å². The van der Waals surface area contributed by atoms with Gasteiger partial charge in [0.1, 0.15) is 0 Å². The third-order valence-corrected chi connectivity index (χ3v) is 2.97. The zero-order valence-corrected chi connectivity index (χ0v) is 10.3. The van der Waals surface area contributed by atoms with E-state index in [9.17, 15) is 0 Å². The minimum Gasteiger partial charge on any atom is -0.378 e. The first kappa shape index (κ1) is 11.6. The van der Waals surface area contributed by atoms with Gasteiger partial charge in [-0.25, -0.2) is 0 Å². The first-order valence-electron chi connectivity index (χ1n) is 5.90. The highest BCUT2D eigenvalue weighted by Crippen LogP contribution is 2.20. The largest absolute Gasteiger partial charge is 0.378 e. The molecule has 0 amide bonds. The molecule has 0 saturated heterocycles. The third-order valence-electron chi connectivity index (χ3n) is 2.97. The molecule has 0 fully saturated rings. The molecule has 2 atom stereocenters. The Morgan fingerprint density at radius 2 is 1.94 bits per heavy atom. The molecule has 0 saturated carbocycles. The minimum absolute atomic E-state index is 0.282. The van der Waals surface area contributed by atoms with E-state index in [-0.39, 0.29) is 6.04 Å². The molecule has 1 aromatic rings. The van der Waals surface area contributed by atoms with Gasteiger partial charge in [0.25, 0.3) is 0 Å². The maximum absolute atomic E-state index is 4.12. The lowest BCUT2D eigenvalue weighted by Gasteiger charge is -2.24. The fourth-order valence-electron chi connectivity index (χ4n) is 2.00. The Morgan fingerprint density at radius 1 is 1.18 bits per heavy atom. The van der Waals surface area contributed by atoms with Crippen LogP contribution in [0.4, 0.5) is 5.69 Å². The molecule has 2 nitrogen and oxygen atoms in total. The number of anilines is 1. The van der Waals surface area contributed by atoms with E-state index in [2.05, 4.69) is 65.8 Å². The molecule has 0 aromatic heterocycles. The van der Waals surface area contributed by atoms with Crippen molar-refractivity contribution in [2.24, 2.45) is 10.9 Å². The summed E-state index contributed by atoms with van der Waals surface area (Å²) in [5.41, 5.74) is 2.45. The molecule has 0 heterocycles. The van der Waals surface area contributed by atoms with Gasteiger partial charge in [-0.05, 0) is 18.6 Å². The number of benzene rings is 1. The zero-order valence-electron chi connectivity index (χ0n) is 10.3. The normalized spacial score (nSPS) is 23.2. The van der Waals surface area contributed by atoms with Gasteiger partial charge < -0.3 is 10.3 Å². The van der Waals surface area contributed by atoms with Crippen molar-refractivity contribution in [3.63, 3.8) is 0 Å². The Labute approximate surface area is 103 Å². The summed E-state index contributed by atoms with van der Waals surface area (Å²) in [6.45, 7) is 2.12. The molecule has 17 heavy (non-hydrogen) atoms. The van der Waals surface area contributed by atoms with E-state index in [1.54, 1.807) is 0 Å². The van der Waals surface area contributed by atoms with Gasteiger partial charge in [-0.1, -0.05) is 42.5 Å². The molecular weight excluding hydrogens is 208 g/mol. The van der Waals surface area contributed by atoms with Crippen LogP contribution in [-0.2, 0) is 0 Å². The number of aliphatic imine (C=N–C) groups is 1. The van der Waals surface area contributed by atoms with Crippen LogP contribution in [0.15, 0.2) is 53.6 Å². The number of nitrogens with zero attached hydrogens (tertiary/aromatic N) is 1. The quantitative estimate of drug-likeness (QED) is 0.786. The number of allylic oxidation sites excluding steroid dienone is 2. The molecule has 1 aliphatic carbocycles. The maximum Gasteiger partial charge on any atom is 0.0560 e. The predicted octanol–water partition coefficient (Wildman–Crippen LogP) is 3.22. The zero-order chi connectivity index (χ0) is 12.1. The third kappa shape index (κ3) is 2.84. The SMILES string of the molecule is CN=CC1C=CC=CC1Nc1ccccc1C. The summed E-state index contributed by atoms with van der Waals surface area (Å²) in [6.07, 6.45) is 10.5. The van der Waals surface area contributed by atoms with Crippen molar-refractivity contribution in [2.75, 3.05) is 12.4 Å². The standard InChI is InChI=1S/C15H18N2/c1-12-7-3-5-9-14(12)17-15-10-6-4-8-13(15)11-16-2/h3-11,13,15,17H,1-2H3.